The highest BCUT2D eigenvalue weighted by Gasteiger charge is 2.05. The maximum atomic E-state index is 5.86. The van der Waals surface area contributed by atoms with Gasteiger partial charge in [-0.3, -0.25) is 0 Å². The molecule has 17 heavy (non-hydrogen) atoms. The molecular weight excluding hydrogens is 323 g/mol. The summed E-state index contributed by atoms with van der Waals surface area (Å²) in [6.07, 6.45) is 0. The van der Waals surface area contributed by atoms with Gasteiger partial charge in [0, 0.05) is 3.57 Å². The predicted octanol–water partition coefficient (Wildman–Crippen LogP) is 4.49. The highest BCUT2D eigenvalue weighted by Crippen LogP contribution is 2.25. The second-order valence-corrected chi connectivity index (χ2v) is 5.23. The number of benzene rings is 2. The maximum absolute atomic E-state index is 5.86. The van der Waals surface area contributed by atoms with Crippen molar-refractivity contribution in [3.63, 3.8) is 0 Å². The molecule has 2 aromatic rings. The molecule has 0 aliphatic carbocycles. The molecule has 0 amide bonds. The topological polar surface area (TPSA) is 9.23 Å². The molecule has 2 rings (SSSR count). The van der Waals surface area contributed by atoms with Crippen LogP contribution in [0.25, 0.3) is 0 Å². The Morgan fingerprint density at radius 2 is 1.65 bits per heavy atom. The van der Waals surface area contributed by atoms with E-state index in [2.05, 4.69) is 54.6 Å². The first kappa shape index (κ1) is 12.4. The van der Waals surface area contributed by atoms with Gasteiger partial charge in [-0.25, -0.2) is 0 Å². The molecular formula is C15H15IO. The van der Waals surface area contributed by atoms with Gasteiger partial charge in [0.05, 0.1) is 0 Å². The second-order valence-electron chi connectivity index (χ2n) is 4.07. The lowest BCUT2D eigenvalue weighted by molar-refractivity contribution is 0.304. The van der Waals surface area contributed by atoms with Gasteiger partial charge in [-0.05, 0) is 65.3 Å². The van der Waals surface area contributed by atoms with Crippen molar-refractivity contribution < 1.29 is 4.74 Å². The minimum Gasteiger partial charge on any atom is -0.489 e. The van der Waals surface area contributed by atoms with Crippen LogP contribution in [0.5, 0.6) is 5.75 Å². The molecule has 1 nitrogen and oxygen atoms in total. The molecule has 0 bridgehead atoms. The van der Waals surface area contributed by atoms with Crippen LogP contribution < -0.4 is 4.74 Å². The first-order chi connectivity index (χ1) is 8.18. The largest absolute Gasteiger partial charge is 0.489 e. The molecule has 2 heteroatoms. The number of halogens is 1. The van der Waals surface area contributed by atoms with Gasteiger partial charge in [0.1, 0.15) is 12.4 Å². The Kier molecular flexibility index (Phi) is 4.05. The molecule has 2 aromatic carbocycles. The van der Waals surface area contributed by atoms with Gasteiger partial charge in [-0.15, -0.1) is 0 Å². The van der Waals surface area contributed by atoms with Crippen molar-refractivity contribution in [3.05, 3.63) is 62.7 Å². The van der Waals surface area contributed by atoms with E-state index in [1.165, 1.54) is 20.3 Å². The Bertz CT molecular complexity index is 506. The zero-order chi connectivity index (χ0) is 12.3. The first-order valence-corrected chi connectivity index (χ1v) is 6.69. The second kappa shape index (κ2) is 5.54. The zero-order valence-corrected chi connectivity index (χ0v) is 12.2. The summed E-state index contributed by atoms with van der Waals surface area (Å²) in [5, 5.41) is 0. The minimum absolute atomic E-state index is 0.627. The van der Waals surface area contributed by atoms with Gasteiger partial charge in [-0.2, -0.15) is 0 Å². The van der Waals surface area contributed by atoms with Crippen LogP contribution in [-0.2, 0) is 6.61 Å². The third kappa shape index (κ3) is 3.00. The Balaban J connectivity index is 2.13. The summed E-state index contributed by atoms with van der Waals surface area (Å²) in [4.78, 5) is 0. The summed E-state index contributed by atoms with van der Waals surface area (Å²) in [5.41, 5.74) is 3.73. The Labute approximate surface area is 116 Å². The van der Waals surface area contributed by atoms with E-state index in [0.717, 1.165) is 5.75 Å². The Morgan fingerprint density at radius 3 is 2.35 bits per heavy atom. The Morgan fingerprint density at radius 1 is 0.941 bits per heavy atom. The fourth-order valence-electron chi connectivity index (χ4n) is 1.65. The number of ether oxygens (including phenoxy) is 1. The van der Waals surface area contributed by atoms with Crippen LogP contribution in [0.3, 0.4) is 0 Å². The highest BCUT2D eigenvalue weighted by atomic mass is 127. The van der Waals surface area contributed by atoms with E-state index < -0.39 is 0 Å². The lowest BCUT2D eigenvalue weighted by atomic mass is 10.1. The van der Waals surface area contributed by atoms with Gasteiger partial charge < -0.3 is 4.74 Å². The van der Waals surface area contributed by atoms with E-state index in [1.54, 1.807) is 0 Å². The van der Waals surface area contributed by atoms with E-state index in [1.807, 2.05) is 24.3 Å². The third-order valence-corrected chi connectivity index (χ3v) is 4.08. The molecule has 0 heterocycles. The van der Waals surface area contributed by atoms with E-state index in [4.69, 9.17) is 4.74 Å². The first-order valence-electron chi connectivity index (χ1n) is 5.61. The molecule has 0 aliphatic rings. The molecule has 0 unspecified atom stereocenters. The number of hydrogen-bond acceptors (Lipinski definition) is 1. The van der Waals surface area contributed by atoms with Crippen molar-refractivity contribution in [2.45, 2.75) is 20.5 Å². The van der Waals surface area contributed by atoms with Crippen molar-refractivity contribution >= 4 is 22.6 Å². The summed E-state index contributed by atoms with van der Waals surface area (Å²) in [6, 6.07) is 14.4. The van der Waals surface area contributed by atoms with Crippen molar-refractivity contribution in [2.75, 3.05) is 0 Å². The molecule has 0 saturated heterocycles. The highest BCUT2D eigenvalue weighted by molar-refractivity contribution is 14.1. The van der Waals surface area contributed by atoms with Crippen LogP contribution in [0.15, 0.2) is 42.5 Å². The van der Waals surface area contributed by atoms with Crippen molar-refractivity contribution in [1.29, 1.82) is 0 Å². The molecule has 0 radical (unpaired) electrons. The average molecular weight is 338 g/mol. The molecule has 0 aromatic heterocycles. The van der Waals surface area contributed by atoms with Gasteiger partial charge in [0.15, 0.2) is 0 Å². The SMILES string of the molecule is Cc1c(I)ccc(OCc2ccccc2)c1C. The van der Waals surface area contributed by atoms with Crippen molar-refractivity contribution in [2.24, 2.45) is 0 Å². The van der Waals surface area contributed by atoms with E-state index in [-0.39, 0.29) is 0 Å². The molecule has 0 spiro atoms. The molecule has 88 valence electrons. The lowest BCUT2D eigenvalue weighted by Gasteiger charge is -2.12. The third-order valence-electron chi connectivity index (χ3n) is 2.91. The monoisotopic (exact) mass is 338 g/mol. The summed E-state index contributed by atoms with van der Waals surface area (Å²) >= 11 is 2.35. The van der Waals surface area contributed by atoms with Crippen LogP contribution in [0.4, 0.5) is 0 Å². The van der Waals surface area contributed by atoms with E-state index in [9.17, 15) is 0 Å². The average Bonchev–Trinajstić information content (AvgIpc) is 2.36. The fourth-order valence-corrected chi connectivity index (χ4v) is 2.24. The minimum atomic E-state index is 0.627. The number of hydrogen-bond donors (Lipinski definition) is 0. The summed E-state index contributed by atoms with van der Waals surface area (Å²) in [5.74, 6) is 0.978. The van der Waals surface area contributed by atoms with Crippen LogP contribution in [0.2, 0.25) is 0 Å². The van der Waals surface area contributed by atoms with Crippen molar-refractivity contribution in [3.8, 4) is 5.75 Å². The van der Waals surface area contributed by atoms with Crippen LogP contribution >= 0.6 is 22.6 Å². The van der Waals surface area contributed by atoms with Crippen LogP contribution in [0, 0.1) is 17.4 Å². The fraction of sp³-hybridized carbons (Fsp3) is 0.200. The quantitative estimate of drug-likeness (QED) is 0.750. The molecule has 0 N–H and O–H groups in total. The van der Waals surface area contributed by atoms with E-state index in [0.29, 0.717) is 6.61 Å². The molecule has 0 atom stereocenters. The number of rotatable bonds is 3. The van der Waals surface area contributed by atoms with Gasteiger partial charge >= 0.3 is 0 Å². The van der Waals surface area contributed by atoms with E-state index >= 15 is 0 Å². The standard InChI is InChI=1S/C15H15IO/c1-11-12(2)15(9-8-14(11)16)17-10-13-6-4-3-5-7-13/h3-9H,10H2,1-2H3. The Hall–Kier alpha value is -1.03. The lowest BCUT2D eigenvalue weighted by Crippen LogP contribution is -1.98. The van der Waals surface area contributed by atoms with Gasteiger partial charge in [0.2, 0.25) is 0 Å². The maximum Gasteiger partial charge on any atom is 0.123 e. The summed E-state index contributed by atoms with van der Waals surface area (Å²) in [7, 11) is 0. The molecule has 0 aliphatic heterocycles. The normalized spacial score (nSPS) is 10.3. The zero-order valence-electron chi connectivity index (χ0n) is 10.0. The molecule has 0 fully saturated rings. The van der Waals surface area contributed by atoms with Crippen LogP contribution in [0.1, 0.15) is 16.7 Å². The van der Waals surface area contributed by atoms with Crippen molar-refractivity contribution in [1.82, 2.24) is 0 Å². The summed E-state index contributed by atoms with van der Waals surface area (Å²) in [6.45, 7) is 4.87. The summed E-state index contributed by atoms with van der Waals surface area (Å²) < 4.78 is 7.14. The molecule has 0 saturated carbocycles. The van der Waals surface area contributed by atoms with Gasteiger partial charge in [0.25, 0.3) is 0 Å². The predicted molar refractivity (Wildman–Crippen MR) is 79.4 cm³/mol. The smallest absolute Gasteiger partial charge is 0.123 e. The van der Waals surface area contributed by atoms with Crippen LogP contribution in [-0.4, -0.2) is 0 Å². The van der Waals surface area contributed by atoms with Gasteiger partial charge in [-0.1, -0.05) is 30.3 Å².